The van der Waals surface area contributed by atoms with Gasteiger partial charge in [0.05, 0.1) is 31.8 Å². The molecular weight excluding hydrogens is 238 g/mol. The highest BCUT2D eigenvalue weighted by molar-refractivity contribution is 5.71. The third-order valence-electron chi connectivity index (χ3n) is 3.39. The molecular formula is C12H23NO5. The molecule has 1 aliphatic rings. The number of carboxylic acids is 1. The Hall–Kier alpha value is -0.690. The van der Waals surface area contributed by atoms with Gasteiger partial charge in [-0.15, -0.1) is 0 Å². The van der Waals surface area contributed by atoms with E-state index in [0.29, 0.717) is 32.7 Å². The number of β-amino-alcohol motifs (C(OH)–C–C–N with tert-alkyl or cyclic N) is 1. The van der Waals surface area contributed by atoms with Crippen molar-refractivity contribution < 1.29 is 24.5 Å². The lowest BCUT2D eigenvalue weighted by molar-refractivity contribution is -0.142. The quantitative estimate of drug-likeness (QED) is 0.589. The summed E-state index contributed by atoms with van der Waals surface area (Å²) in [4.78, 5) is 13.0. The number of hydrogen-bond donors (Lipinski definition) is 2. The minimum absolute atomic E-state index is 0.0314. The van der Waals surface area contributed by atoms with Gasteiger partial charge in [-0.1, -0.05) is 0 Å². The van der Waals surface area contributed by atoms with Crippen molar-refractivity contribution in [3.8, 4) is 0 Å². The number of methoxy groups -OCH3 is 1. The van der Waals surface area contributed by atoms with Gasteiger partial charge in [0.2, 0.25) is 0 Å². The van der Waals surface area contributed by atoms with E-state index in [0.717, 1.165) is 0 Å². The van der Waals surface area contributed by atoms with Crippen LogP contribution in [-0.2, 0) is 14.3 Å². The van der Waals surface area contributed by atoms with E-state index in [1.165, 1.54) is 0 Å². The first-order valence-corrected chi connectivity index (χ1v) is 6.27. The molecule has 1 heterocycles. The Kier molecular flexibility index (Phi) is 6.56. The minimum Gasteiger partial charge on any atom is -0.481 e. The lowest BCUT2D eigenvalue weighted by Gasteiger charge is -2.25. The zero-order valence-corrected chi connectivity index (χ0v) is 11.0. The minimum atomic E-state index is -0.754. The van der Waals surface area contributed by atoms with E-state index >= 15 is 0 Å². The van der Waals surface area contributed by atoms with Crippen molar-refractivity contribution >= 4 is 5.97 Å². The molecule has 3 unspecified atom stereocenters. The number of aliphatic hydroxyl groups excluding tert-OH is 1. The molecule has 0 amide bonds. The summed E-state index contributed by atoms with van der Waals surface area (Å²) in [6, 6.07) is -0.0314. The molecule has 1 saturated heterocycles. The van der Waals surface area contributed by atoms with Gasteiger partial charge in [-0.25, -0.2) is 0 Å². The van der Waals surface area contributed by atoms with E-state index in [1.54, 1.807) is 7.11 Å². The van der Waals surface area contributed by atoms with Crippen LogP contribution in [0, 0.1) is 5.92 Å². The average Bonchev–Trinajstić information content (AvgIpc) is 2.67. The molecule has 6 nitrogen and oxygen atoms in total. The second kappa shape index (κ2) is 7.68. The zero-order valence-electron chi connectivity index (χ0n) is 11.0. The number of carboxylic acid groups (broad SMARTS) is 1. The number of rotatable bonds is 8. The Morgan fingerprint density at radius 3 is 2.78 bits per heavy atom. The summed E-state index contributed by atoms with van der Waals surface area (Å²) in [6.45, 7) is 4.29. The highest BCUT2D eigenvalue weighted by Gasteiger charge is 2.36. The summed E-state index contributed by atoms with van der Waals surface area (Å²) in [5.41, 5.74) is 0. The van der Waals surface area contributed by atoms with Crippen molar-refractivity contribution in [2.45, 2.75) is 25.5 Å². The molecule has 3 atom stereocenters. The second-order valence-corrected chi connectivity index (χ2v) is 4.69. The van der Waals surface area contributed by atoms with E-state index in [-0.39, 0.29) is 18.6 Å². The van der Waals surface area contributed by atoms with Gasteiger partial charge < -0.3 is 19.7 Å². The first kappa shape index (κ1) is 15.4. The zero-order chi connectivity index (χ0) is 13.5. The molecule has 1 rings (SSSR count). The summed E-state index contributed by atoms with van der Waals surface area (Å²) in [5, 5.41) is 18.8. The molecule has 106 valence electrons. The van der Waals surface area contributed by atoms with Gasteiger partial charge in [-0.2, -0.15) is 0 Å². The van der Waals surface area contributed by atoms with Crippen LogP contribution in [0.3, 0.4) is 0 Å². The number of hydrogen-bond acceptors (Lipinski definition) is 5. The van der Waals surface area contributed by atoms with Gasteiger partial charge in [-0.3, -0.25) is 9.69 Å². The van der Waals surface area contributed by atoms with Crippen LogP contribution in [0.1, 0.15) is 13.3 Å². The third-order valence-corrected chi connectivity index (χ3v) is 3.39. The largest absolute Gasteiger partial charge is 0.481 e. The molecule has 1 fully saturated rings. The Morgan fingerprint density at radius 2 is 2.22 bits per heavy atom. The molecule has 18 heavy (non-hydrogen) atoms. The van der Waals surface area contributed by atoms with E-state index < -0.39 is 12.1 Å². The molecule has 0 aromatic heterocycles. The SMILES string of the molecule is COCCOCC(O)CN1CCC(C(=O)O)C1C. The van der Waals surface area contributed by atoms with Crippen LogP contribution in [-0.4, -0.2) is 73.2 Å². The fraction of sp³-hybridized carbons (Fsp3) is 0.917. The summed E-state index contributed by atoms with van der Waals surface area (Å²) in [7, 11) is 1.59. The highest BCUT2D eigenvalue weighted by Crippen LogP contribution is 2.24. The maximum Gasteiger partial charge on any atom is 0.308 e. The van der Waals surface area contributed by atoms with Gasteiger partial charge in [0.1, 0.15) is 0 Å². The van der Waals surface area contributed by atoms with Crippen LogP contribution in [0.2, 0.25) is 0 Å². The van der Waals surface area contributed by atoms with Crippen LogP contribution < -0.4 is 0 Å². The van der Waals surface area contributed by atoms with Crippen LogP contribution in [0.15, 0.2) is 0 Å². The fourth-order valence-electron chi connectivity index (χ4n) is 2.28. The molecule has 0 radical (unpaired) electrons. The molecule has 0 aromatic carbocycles. The smallest absolute Gasteiger partial charge is 0.308 e. The average molecular weight is 261 g/mol. The number of ether oxygens (including phenoxy) is 2. The Balaban J connectivity index is 2.24. The van der Waals surface area contributed by atoms with Crippen LogP contribution in [0.5, 0.6) is 0 Å². The van der Waals surface area contributed by atoms with Crippen molar-refractivity contribution in [3.63, 3.8) is 0 Å². The predicted octanol–water partition coefficient (Wildman–Crippen LogP) is -0.195. The van der Waals surface area contributed by atoms with E-state index in [2.05, 4.69) is 0 Å². The third kappa shape index (κ3) is 4.53. The first-order chi connectivity index (χ1) is 8.56. The predicted molar refractivity (Wildman–Crippen MR) is 65.5 cm³/mol. The molecule has 0 saturated carbocycles. The van der Waals surface area contributed by atoms with E-state index in [9.17, 15) is 9.90 Å². The lowest BCUT2D eigenvalue weighted by atomic mass is 10.0. The number of carbonyl (C=O) groups is 1. The summed E-state index contributed by atoms with van der Waals surface area (Å²) < 4.78 is 10.1. The summed E-state index contributed by atoms with van der Waals surface area (Å²) in [5.74, 6) is -1.08. The van der Waals surface area contributed by atoms with Crippen LogP contribution in [0.25, 0.3) is 0 Å². The number of aliphatic hydroxyl groups is 1. The molecule has 0 bridgehead atoms. The molecule has 0 aromatic rings. The lowest BCUT2D eigenvalue weighted by Crippen LogP contribution is -2.39. The maximum atomic E-state index is 11.0. The Bertz CT molecular complexity index is 261. The molecule has 6 heteroatoms. The van der Waals surface area contributed by atoms with Gasteiger partial charge in [0.15, 0.2) is 0 Å². The number of nitrogens with zero attached hydrogens (tertiary/aromatic N) is 1. The summed E-state index contributed by atoms with van der Waals surface area (Å²) in [6.07, 6.45) is 0.0603. The fourth-order valence-corrected chi connectivity index (χ4v) is 2.28. The van der Waals surface area contributed by atoms with Crippen molar-refractivity contribution in [1.82, 2.24) is 4.90 Å². The second-order valence-electron chi connectivity index (χ2n) is 4.69. The van der Waals surface area contributed by atoms with Crippen molar-refractivity contribution in [1.29, 1.82) is 0 Å². The van der Waals surface area contributed by atoms with Crippen LogP contribution >= 0.6 is 0 Å². The summed E-state index contributed by atoms with van der Waals surface area (Å²) >= 11 is 0. The van der Waals surface area contributed by atoms with Gasteiger partial charge in [-0.05, 0) is 19.9 Å². The van der Waals surface area contributed by atoms with Gasteiger partial charge in [0.25, 0.3) is 0 Å². The van der Waals surface area contributed by atoms with Gasteiger partial charge in [0, 0.05) is 19.7 Å². The first-order valence-electron chi connectivity index (χ1n) is 6.27. The van der Waals surface area contributed by atoms with Crippen molar-refractivity contribution in [3.05, 3.63) is 0 Å². The Labute approximate surface area is 107 Å². The van der Waals surface area contributed by atoms with E-state index in [4.69, 9.17) is 14.6 Å². The van der Waals surface area contributed by atoms with Crippen LogP contribution in [0.4, 0.5) is 0 Å². The molecule has 0 spiro atoms. The topological polar surface area (TPSA) is 79.2 Å². The highest BCUT2D eigenvalue weighted by atomic mass is 16.5. The maximum absolute atomic E-state index is 11.0. The van der Waals surface area contributed by atoms with Crippen molar-refractivity contribution in [2.24, 2.45) is 5.92 Å². The number of likely N-dealkylation sites (tertiary alicyclic amines) is 1. The van der Waals surface area contributed by atoms with Gasteiger partial charge >= 0.3 is 5.97 Å². The Morgan fingerprint density at radius 1 is 1.50 bits per heavy atom. The molecule has 1 aliphatic heterocycles. The monoisotopic (exact) mass is 261 g/mol. The molecule has 0 aliphatic carbocycles. The van der Waals surface area contributed by atoms with Crippen molar-refractivity contribution in [2.75, 3.05) is 40.0 Å². The molecule has 2 N–H and O–H groups in total. The standard InChI is InChI=1S/C12H23NO5/c1-9-11(12(15)16)3-4-13(9)7-10(14)8-18-6-5-17-2/h9-11,14H,3-8H2,1-2H3,(H,15,16). The normalized spacial score (nSPS) is 26.4. The van der Waals surface area contributed by atoms with E-state index in [1.807, 2.05) is 11.8 Å². The number of aliphatic carboxylic acids is 1.